The highest BCUT2D eigenvalue weighted by atomic mass is 16.6. The van der Waals surface area contributed by atoms with Gasteiger partial charge in [-0.3, -0.25) is 0 Å². The van der Waals surface area contributed by atoms with Gasteiger partial charge in [0.2, 0.25) is 5.95 Å². The summed E-state index contributed by atoms with van der Waals surface area (Å²) in [6.45, 7) is 8.28. The Hall–Kier alpha value is -4.38. The minimum atomic E-state index is -0.546. The molecule has 1 fully saturated rings. The Morgan fingerprint density at radius 1 is 1.07 bits per heavy atom. The summed E-state index contributed by atoms with van der Waals surface area (Å²) in [5.41, 5.74) is 2.71. The SMILES string of the molecule is COCCOc1cccc(Nc2nc(NCc3ccccc3)c3ncn(C4CCN(C(=O)OC(C)(C)C)C4)c3n2)c1. The van der Waals surface area contributed by atoms with E-state index < -0.39 is 5.60 Å². The largest absolute Gasteiger partial charge is 0.491 e. The van der Waals surface area contributed by atoms with Gasteiger partial charge in [0.25, 0.3) is 0 Å². The second-order valence-electron chi connectivity index (χ2n) is 10.9. The Morgan fingerprint density at radius 2 is 1.90 bits per heavy atom. The molecule has 1 unspecified atom stereocenters. The summed E-state index contributed by atoms with van der Waals surface area (Å²) in [7, 11) is 1.64. The number of hydrogen-bond acceptors (Lipinski definition) is 9. The Balaban J connectivity index is 1.42. The van der Waals surface area contributed by atoms with Crippen LogP contribution in [0.5, 0.6) is 5.75 Å². The summed E-state index contributed by atoms with van der Waals surface area (Å²) in [5, 5.41) is 6.77. The van der Waals surface area contributed by atoms with Gasteiger partial charge in [0.1, 0.15) is 18.0 Å². The van der Waals surface area contributed by atoms with Crippen LogP contribution < -0.4 is 15.4 Å². The van der Waals surface area contributed by atoms with Crippen LogP contribution in [-0.4, -0.2) is 69.5 Å². The smallest absolute Gasteiger partial charge is 0.410 e. The van der Waals surface area contributed by atoms with Crippen LogP contribution in [0.3, 0.4) is 0 Å². The van der Waals surface area contributed by atoms with Crippen molar-refractivity contribution >= 4 is 34.7 Å². The lowest BCUT2D eigenvalue weighted by Gasteiger charge is -2.24. The molecule has 0 saturated carbocycles. The van der Waals surface area contributed by atoms with E-state index in [-0.39, 0.29) is 12.1 Å². The number of aromatic nitrogens is 4. The molecule has 0 radical (unpaired) electrons. The molecule has 1 aliphatic rings. The number of benzene rings is 2. The number of methoxy groups -OCH3 is 1. The molecule has 11 nitrogen and oxygen atoms in total. The maximum absolute atomic E-state index is 12.7. The predicted molar refractivity (Wildman–Crippen MR) is 158 cm³/mol. The van der Waals surface area contributed by atoms with Crippen molar-refractivity contribution in [3.63, 3.8) is 0 Å². The second kappa shape index (κ2) is 12.4. The van der Waals surface area contributed by atoms with E-state index in [4.69, 9.17) is 29.2 Å². The lowest BCUT2D eigenvalue weighted by Crippen LogP contribution is -2.35. The quantitative estimate of drug-likeness (QED) is 0.247. The number of nitrogens with one attached hydrogen (secondary N) is 2. The first-order valence-corrected chi connectivity index (χ1v) is 13.8. The normalized spacial score (nSPS) is 15.2. The minimum absolute atomic E-state index is 0.00903. The van der Waals surface area contributed by atoms with E-state index in [9.17, 15) is 4.79 Å². The Morgan fingerprint density at radius 3 is 2.68 bits per heavy atom. The van der Waals surface area contributed by atoms with Gasteiger partial charge >= 0.3 is 6.09 Å². The number of carbonyl (C=O) groups excluding carboxylic acids is 1. The summed E-state index contributed by atoms with van der Waals surface area (Å²) in [6.07, 6.45) is 2.24. The third-order valence-electron chi connectivity index (χ3n) is 6.58. The number of likely N-dealkylation sites (tertiary alicyclic amines) is 1. The number of ether oxygens (including phenoxy) is 3. The first-order chi connectivity index (χ1) is 19.8. The number of imidazole rings is 1. The monoisotopic (exact) mass is 559 g/mol. The van der Waals surface area contributed by atoms with Crippen molar-refractivity contribution in [1.82, 2.24) is 24.4 Å². The van der Waals surface area contributed by atoms with Gasteiger partial charge in [-0.25, -0.2) is 9.78 Å². The van der Waals surface area contributed by atoms with E-state index in [1.54, 1.807) is 18.3 Å². The van der Waals surface area contributed by atoms with Crippen LogP contribution in [0.4, 0.5) is 22.2 Å². The van der Waals surface area contributed by atoms with E-state index >= 15 is 0 Å². The summed E-state index contributed by atoms with van der Waals surface area (Å²) >= 11 is 0. The molecule has 0 bridgehead atoms. The van der Waals surface area contributed by atoms with Crippen LogP contribution in [0.1, 0.15) is 38.8 Å². The van der Waals surface area contributed by atoms with Gasteiger partial charge in [0, 0.05) is 38.5 Å². The van der Waals surface area contributed by atoms with Crippen LogP contribution >= 0.6 is 0 Å². The average molecular weight is 560 g/mol. The highest BCUT2D eigenvalue weighted by molar-refractivity contribution is 5.85. The molecule has 11 heteroatoms. The zero-order chi connectivity index (χ0) is 28.8. The van der Waals surface area contributed by atoms with Crippen molar-refractivity contribution in [3.8, 4) is 5.75 Å². The molecule has 1 amide bonds. The average Bonchev–Trinajstić information content (AvgIpc) is 3.60. The molecule has 1 aliphatic heterocycles. The van der Waals surface area contributed by atoms with Crippen molar-refractivity contribution in [2.24, 2.45) is 0 Å². The van der Waals surface area contributed by atoms with Gasteiger partial charge in [-0.2, -0.15) is 9.97 Å². The van der Waals surface area contributed by atoms with Gasteiger partial charge in [0.05, 0.1) is 19.0 Å². The van der Waals surface area contributed by atoms with Crippen molar-refractivity contribution in [1.29, 1.82) is 0 Å². The van der Waals surface area contributed by atoms with Crippen LogP contribution in [0.2, 0.25) is 0 Å². The zero-order valence-electron chi connectivity index (χ0n) is 24.0. The standard InChI is InChI=1S/C30H37N7O4/c1-30(2,3)41-29(38)36-14-13-23(19-36)37-20-32-25-26(31-18-21-9-6-5-7-10-21)34-28(35-27(25)37)33-22-11-8-12-24(17-22)40-16-15-39-4/h5-12,17,20,23H,13-16,18-19H2,1-4H3,(H2,31,33,34,35). The van der Waals surface area contributed by atoms with Gasteiger partial charge in [-0.15, -0.1) is 0 Å². The molecule has 5 rings (SSSR count). The van der Waals surface area contributed by atoms with E-state index in [1.807, 2.05) is 67.8 Å². The molecular weight excluding hydrogens is 522 g/mol. The number of nitrogens with zero attached hydrogens (tertiary/aromatic N) is 5. The van der Waals surface area contributed by atoms with Crippen molar-refractivity contribution in [2.75, 3.05) is 44.0 Å². The number of hydrogen-bond donors (Lipinski definition) is 2. The Kier molecular flexibility index (Phi) is 8.53. The molecule has 2 N–H and O–H groups in total. The summed E-state index contributed by atoms with van der Waals surface area (Å²) in [5.74, 6) is 1.76. The fourth-order valence-electron chi connectivity index (χ4n) is 4.64. The Bertz CT molecular complexity index is 1470. The van der Waals surface area contributed by atoms with Crippen LogP contribution in [0.15, 0.2) is 60.9 Å². The third-order valence-corrected chi connectivity index (χ3v) is 6.58. The predicted octanol–water partition coefficient (Wildman–Crippen LogP) is 5.39. The van der Waals surface area contributed by atoms with Crippen molar-refractivity contribution < 1.29 is 19.0 Å². The molecule has 4 aromatic rings. The molecule has 0 spiro atoms. The molecule has 216 valence electrons. The lowest BCUT2D eigenvalue weighted by molar-refractivity contribution is 0.0289. The number of carbonyl (C=O) groups is 1. The summed E-state index contributed by atoms with van der Waals surface area (Å²) in [4.78, 5) is 28.8. The second-order valence-corrected chi connectivity index (χ2v) is 10.9. The first kappa shape index (κ1) is 28.2. The van der Waals surface area contributed by atoms with E-state index in [2.05, 4.69) is 22.8 Å². The minimum Gasteiger partial charge on any atom is -0.491 e. The first-order valence-electron chi connectivity index (χ1n) is 13.8. The van der Waals surface area contributed by atoms with Gasteiger partial charge < -0.3 is 34.3 Å². The topological polar surface area (TPSA) is 116 Å². The third kappa shape index (κ3) is 7.23. The number of rotatable bonds is 10. The lowest BCUT2D eigenvalue weighted by atomic mass is 10.2. The molecule has 41 heavy (non-hydrogen) atoms. The molecule has 3 heterocycles. The molecular formula is C30H37N7O4. The molecule has 0 aliphatic carbocycles. The van der Waals surface area contributed by atoms with Crippen molar-refractivity contribution in [3.05, 3.63) is 66.5 Å². The highest BCUT2D eigenvalue weighted by Crippen LogP contribution is 2.30. The zero-order valence-corrected chi connectivity index (χ0v) is 24.0. The Labute approximate surface area is 239 Å². The molecule has 1 saturated heterocycles. The molecule has 1 atom stereocenters. The molecule has 2 aromatic heterocycles. The fraction of sp³-hybridized carbons (Fsp3) is 0.400. The highest BCUT2D eigenvalue weighted by Gasteiger charge is 2.32. The fourth-order valence-corrected chi connectivity index (χ4v) is 4.64. The maximum Gasteiger partial charge on any atom is 0.410 e. The van der Waals surface area contributed by atoms with E-state index in [0.29, 0.717) is 61.5 Å². The number of amides is 1. The van der Waals surface area contributed by atoms with Gasteiger partial charge in [-0.1, -0.05) is 36.4 Å². The van der Waals surface area contributed by atoms with Crippen molar-refractivity contribution in [2.45, 2.75) is 45.4 Å². The molecule has 2 aromatic carbocycles. The summed E-state index contributed by atoms with van der Waals surface area (Å²) < 4.78 is 18.5. The van der Waals surface area contributed by atoms with E-state index in [0.717, 1.165) is 17.7 Å². The van der Waals surface area contributed by atoms with Gasteiger partial charge in [0.15, 0.2) is 17.0 Å². The maximum atomic E-state index is 12.7. The number of fused-ring (bicyclic) bond motifs is 1. The summed E-state index contributed by atoms with van der Waals surface area (Å²) in [6, 6.07) is 17.8. The van der Waals surface area contributed by atoms with E-state index in [1.165, 1.54) is 0 Å². The van der Waals surface area contributed by atoms with Crippen LogP contribution in [-0.2, 0) is 16.0 Å². The van der Waals surface area contributed by atoms with Gasteiger partial charge in [-0.05, 0) is 44.9 Å². The van der Waals surface area contributed by atoms with Crippen LogP contribution in [0.25, 0.3) is 11.2 Å². The number of anilines is 3. The van der Waals surface area contributed by atoms with Crippen LogP contribution in [0, 0.1) is 0 Å².